The number of likely N-dealkylation sites (tertiary alicyclic amines) is 2. The molecule has 2 aliphatic heterocycles. The fraction of sp³-hybridized carbons (Fsp3) is 0.778. The summed E-state index contributed by atoms with van der Waals surface area (Å²) < 4.78 is 0. The van der Waals surface area contributed by atoms with E-state index in [0.717, 1.165) is 0 Å². The van der Waals surface area contributed by atoms with Crippen molar-refractivity contribution in [2.75, 3.05) is 20.1 Å². The molecule has 2 saturated heterocycles. The molecule has 2 rings (SSSR count). The van der Waals surface area contributed by atoms with Crippen molar-refractivity contribution in [3.8, 4) is 0 Å². The first-order chi connectivity index (χ1) is 6.59. The molecular weight excluding hydrogens is 184 g/mol. The van der Waals surface area contributed by atoms with Crippen LogP contribution in [0.4, 0.5) is 0 Å². The van der Waals surface area contributed by atoms with Crippen LogP contribution in [-0.2, 0) is 9.59 Å². The van der Waals surface area contributed by atoms with E-state index in [1.165, 1.54) is 11.9 Å². The molecule has 5 heteroatoms. The lowest BCUT2D eigenvalue weighted by Gasteiger charge is -2.20. The van der Waals surface area contributed by atoms with Crippen molar-refractivity contribution >= 4 is 11.8 Å². The SMILES string of the molecule is CN1C(=O)CC(N2CC[C@@H](O)C2)C1=O. The van der Waals surface area contributed by atoms with Crippen LogP contribution in [0.15, 0.2) is 0 Å². The molecule has 0 bridgehead atoms. The molecule has 78 valence electrons. The van der Waals surface area contributed by atoms with Crippen molar-refractivity contribution in [1.29, 1.82) is 0 Å². The van der Waals surface area contributed by atoms with Crippen molar-refractivity contribution in [1.82, 2.24) is 9.80 Å². The quantitative estimate of drug-likeness (QED) is 0.538. The van der Waals surface area contributed by atoms with Crippen LogP contribution in [-0.4, -0.2) is 59.0 Å². The molecule has 1 unspecified atom stereocenters. The molecule has 1 N–H and O–H groups in total. The molecule has 0 aromatic rings. The van der Waals surface area contributed by atoms with Gasteiger partial charge >= 0.3 is 0 Å². The molecule has 0 aliphatic carbocycles. The average molecular weight is 198 g/mol. The normalized spacial score (nSPS) is 34.6. The Balaban J connectivity index is 2.06. The van der Waals surface area contributed by atoms with Gasteiger partial charge in [-0.1, -0.05) is 0 Å². The molecule has 0 aromatic carbocycles. The number of hydrogen-bond donors (Lipinski definition) is 1. The molecule has 0 spiro atoms. The summed E-state index contributed by atoms with van der Waals surface area (Å²) in [5.74, 6) is -0.259. The fourth-order valence-electron chi connectivity index (χ4n) is 2.07. The lowest BCUT2D eigenvalue weighted by molar-refractivity contribution is -0.137. The van der Waals surface area contributed by atoms with Gasteiger partial charge in [-0.3, -0.25) is 19.4 Å². The van der Waals surface area contributed by atoms with E-state index in [-0.39, 0.29) is 30.4 Å². The van der Waals surface area contributed by atoms with Gasteiger partial charge in [-0.2, -0.15) is 0 Å². The van der Waals surface area contributed by atoms with E-state index < -0.39 is 0 Å². The number of rotatable bonds is 1. The molecule has 0 aromatic heterocycles. The zero-order valence-corrected chi connectivity index (χ0v) is 8.14. The minimum atomic E-state index is -0.344. The van der Waals surface area contributed by atoms with E-state index >= 15 is 0 Å². The summed E-state index contributed by atoms with van der Waals surface area (Å²) in [7, 11) is 1.51. The van der Waals surface area contributed by atoms with E-state index in [2.05, 4.69) is 0 Å². The maximum atomic E-state index is 11.6. The topological polar surface area (TPSA) is 60.9 Å². The lowest BCUT2D eigenvalue weighted by atomic mass is 10.2. The van der Waals surface area contributed by atoms with Crippen LogP contribution >= 0.6 is 0 Å². The number of aliphatic hydroxyl groups excluding tert-OH is 1. The van der Waals surface area contributed by atoms with E-state index in [9.17, 15) is 14.7 Å². The van der Waals surface area contributed by atoms with E-state index in [4.69, 9.17) is 0 Å². The molecule has 2 amide bonds. The van der Waals surface area contributed by atoms with E-state index in [1.54, 1.807) is 0 Å². The number of nitrogens with zero attached hydrogens (tertiary/aromatic N) is 2. The lowest BCUT2D eigenvalue weighted by Crippen LogP contribution is -2.40. The largest absolute Gasteiger partial charge is 0.392 e. The third kappa shape index (κ3) is 1.42. The van der Waals surface area contributed by atoms with Crippen molar-refractivity contribution < 1.29 is 14.7 Å². The van der Waals surface area contributed by atoms with Crippen LogP contribution in [0, 0.1) is 0 Å². The maximum Gasteiger partial charge on any atom is 0.246 e. The Morgan fingerprint density at radius 1 is 1.43 bits per heavy atom. The second-order valence-electron chi connectivity index (χ2n) is 3.95. The van der Waals surface area contributed by atoms with Crippen LogP contribution < -0.4 is 0 Å². The van der Waals surface area contributed by atoms with Gasteiger partial charge in [0.1, 0.15) is 0 Å². The van der Waals surface area contributed by atoms with Gasteiger partial charge in [-0.15, -0.1) is 0 Å². The summed E-state index contributed by atoms with van der Waals surface area (Å²) in [6.07, 6.45) is 0.618. The number of imide groups is 1. The first-order valence-corrected chi connectivity index (χ1v) is 4.82. The minimum Gasteiger partial charge on any atom is -0.392 e. The highest BCUT2D eigenvalue weighted by atomic mass is 16.3. The number of carbonyl (C=O) groups is 2. The van der Waals surface area contributed by atoms with Crippen LogP contribution in [0.3, 0.4) is 0 Å². The molecule has 2 fully saturated rings. The van der Waals surface area contributed by atoms with Gasteiger partial charge in [0.05, 0.1) is 18.6 Å². The summed E-state index contributed by atoms with van der Waals surface area (Å²) in [5, 5.41) is 9.33. The van der Waals surface area contributed by atoms with Gasteiger partial charge in [0.15, 0.2) is 0 Å². The predicted molar refractivity (Wildman–Crippen MR) is 48.4 cm³/mol. The zero-order chi connectivity index (χ0) is 10.3. The zero-order valence-electron chi connectivity index (χ0n) is 8.14. The van der Waals surface area contributed by atoms with Crippen molar-refractivity contribution in [3.05, 3.63) is 0 Å². The minimum absolute atomic E-state index is 0.124. The number of likely N-dealkylation sites (N-methyl/N-ethyl adjacent to an activating group) is 1. The Labute approximate surface area is 82.3 Å². The van der Waals surface area contributed by atoms with Crippen LogP contribution in [0.5, 0.6) is 0 Å². The predicted octanol–water partition coefficient (Wildman–Crippen LogP) is -1.19. The first kappa shape index (κ1) is 9.61. The van der Waals surface area contributed by atoms with Crippen LogP contribution in [0.1, 0.15) is 12.8 Å². The number of β-amino-alcohol motifs (C(OH)–C–C–N with tert-alkyl or cyclic N) is 1. The Bertz CT molecular complexity index is 279. The van der Waals surface area contributed by atoms with Crippen molar-refractivity contribution in [3.63, 3.8) is 0 Å². The Hall–Kier alpha value is -0.940. The summed E-state index contributed by atoms with van der Waals surface area (Å²) in [5.41, 5.74) is 0. The van der Waals surface area contributed by atoms with Gasteiger partial charge < -0.3 is 5.11 Å². The smallest absolute Gasteiger partial charge is 0.246 e. The highest BCUT2D eigenvalue weighted by Gasteiger charge is 2.41. The van der Waals surface area contributed by atoms with Gasteiger partial charge in [0.2, 0.25) is 11.8 Å². The standard InChI is InChI=1S/C9H14N2O3/c1-10-8(13)4-7(9(10)14)11-3-2-6(12)5-11/h6-7,12H,2-5H2,1H3/t6-,7?/m1/s1. The fourth-order valence-corrected chi connectivity index (χ4v) is 2.07. The summed E-state index contributed by atoms with van der Waals surface area (Å²) in [6, 6.07) is -0.329. The number of aliphatic hydroxyl groups is 1. The van der Waals surface area contributed by atoms with Gasteiger partial charge in [-0.25, -0.2) is 0 Å². The second kappa shape index (κ2) is 3.33. The highest BCUT2D eigenvalue weighted by Crippen LogP contribution is 2.21. The summed E-state index contributed by atoms with van der Waals surface area (Å²) in [6.45, 7) is 1.22. The van der Waals surface area contributed by atoms with Gasteiger partial charge in [-0.05, 0) is 6.42 Å². The van der Waals surface area contributed by atoms with Crippen molar-refractivity contribution in [2.45, 2.75) is 25.0 Å². The van der Waals surface area contributed by atoms with E-state index in [1.807, 2.05) is 4.90 Å². The first-order valence-electron chi connectivity index (χ1n) is 4.82. The number of hydrogen-bond acceptors (Lipinski definition) is 4. The van der Waals surface area contributed by atoms with Crippen molar-refractivity contribution in [2.24, 2.45) is 0 Å². The highest BCUT2D eigenvalue weighted by molar-refractivity contribution is 6.05. The Morgan fingerprint density at radius 2 is 2.14 bits per heavy atom. The maximum absolute atomic E-state index is 11.6. The molecular formula is C9H14N2O3. The molecule has 14 heavy (non-hydrogen) atoms. The average Bonchev–Trinajstić information content (AvgIpc) is 2.66. The molecule has 2 atom stereocenters. The summed E-state index contributed by atoms with van der Waals surface area (Å²) >= 11 is 0. The molecule has 2 aliphatic rings. The Morgan fingerprint density at radius 3 is 2.57 bits per heavy atom. The molecule has 2 heterocycles. The second-order valence-corrected chi connectivity index (χ2v) is 3.95. The van der Waals surface area contributed by atoms with Gasteiger partial charge in [0.25, 0.3) is 0 Å². The number of amides is 2. The molecule has 0 radical (unpaired) electrons. The summed E-state index contributed by atoms with van der Waals surface area (Å²) in [4.78, 5) is 25.9. The Kier molecular flexibility index (Phi) is 2.28. The third-order valence-corrected chi connectivity index (χ3v) is 2.99. The third-order valence-electron chi connectivity index (χ3n) is 2.99. The monoisotopic (exact) mass is 198 g/mol. The molecule has 0 saturated carbocycles. The molecule has 5 nitrogen and oxygen atoms in total. The van der Waals surface area contributed by atoms with Crippen LogP contribution in [0.2, 0.25) is 0 Å². The van der Waals surface area contributed by atoms with Crippen LogP contribution in [0.25, 0.3) is 0 Å². The van der Waals surface area contributed by atoms with E-state index in [0.29, 0.717) is 19.5 Å². The van der Waals surface area contributed by atoms with Gasteiger partial charge in [0, 0.05) is 20.1 Å². The number of carbonyl (C=O) groups excluding carboxylic acids is 2.